The molecule has 154 valence electrons. The average Bonchev–Trinajstić information content (AvgIpc) is 3.30. The number of pyridine rings is 1. The van der Waals surface area contributed by atoms with Gasteiger partial charge in [0.05, 0.1) is 39.1 Å². The number of hydrogen-bond acceptors (Lipinski definition) is 7. The lowest BCUT2D eigenvalue weighted by Crippen LogP contribution is -2.36. The normalized spacial score (nSPS) is 14.3. The Morgan fingerprint density at radius 3 is 2.47 bits per heavy atom. The number of anilines is 3. The Morgan fingerprint density at radius 2 is 1.73 bits per heavy atom. The molecule has 8 nitrogen and oxygen atoms in total. The van der Waals surface area contributed by atoms with Crippen molar-refractivity contribution >= 4 is 39.0 Å². The van der Waals surface area contributed by atoms with Crippen molar-refractivity contribution in [1.82, 2.24) is 15.2 Å². The summed E-state index contributed by atoms with van der Waals surface area (Å²) in [6.45, 7) is 3.37. The summed E-state index contributed by atoms with van der Waals surface area (Å²) in [5, 5.41) is 12.6. The van der Waals surface area contributed by atoms with E-state index in [4.69, 9.17) is 19.2 Å². The number of ether oxygens (including phenoxy) is 3. The first kappa shape index (κ1) is 18.5. The van der Waals surface area contributed by atoms with Gasteiger partial charge in [0.15, 0.2) is 17.3 Å². The second-order valence-electron chi connectivity index (χ2n) is 7.11. The molecule has 0 amide bonds. The Kier molecular flexibility index (Phi) is 4.76. The topological polar surface area (TPSA) is 84.5 Å². The van der Waals surface area contributed by atoms with Crippen LogP contribution in [0.4, 0.5) is 17.2 Å². The number of methoxy groups -OCH3 is 2. The highest BCUT2D eigenvalue weighted by Crippen LogP contribution is 2.37. The molecular weight excluding hydrogens is 382 g/mol. The number of hydrogen-bond donors (Lipinski definition) is 2. The Bertz CT molecular complexity index is 1180. The maximum Gasteiger partial charge on any atom is 0.162 e. The maximum absolute atomic E-state index is 5.45. The van der Waals surface area contributed by atoms with Crippen LogP contribution in [0.15, 0.2) is 42.6 Å². The number of nitrogens with zero attached hydrogens (tertiary/aromatic N) is 3. The molecule has 2 aromatic heterocycles. The molecule has 1 aliphatic heterocycles. The Morgan fingerprint density at radius 1 is 1.00 bits per heavy atom. The van der Waals surface area contributed by atoms with Gasteiger partial charge >= 0.3 is 0 Å². The van der Waals surface area contributed by atoms with Gasteiger partial charge in [-0.15, -0.1) is 0 Å². The van der Waals surface area contributed by atoms with E-state index in [-0.39, 0.29) is 0 Å². The highest BCUT2D eigenvalue weighted by atomic mass is 16.5. The number of morpholine rings is 1. The molecule has 0 unspecified atom stereocenters. The summed E-state index contributed by atoms with van der Waals surface area (Å²) in [5.74, 6) is 2.01. The van der Waals surface area contributed by atoms with Gasteiger partial charge in [-0.05, 0) is 30.3 Å². The third kappa shape index (κ3) is 3.25. The number of nitrogens with one attached hydrogen (secondary N) is 2. The van der Waals surface area contributed by atoms with E-state index < -0.39 is 0 Å². The quantitative estimate of drug-likeness (QED) is 0.524. The second kappa shape index (κ2) is 7.72. The molecule has 2 aromatic carbocycles. The maximum atomic E-state index is 5.45. The first-order chi connectivity index (χ1) is 14.8. The number of benzene rings is 2. The third-order valence-electron chi connectivity index (χ3n) is 5.41. The molecule has 0 bridgehead atoms. The smallest absolute Gasteiger partial charge is 0.162 e. The summed E-state index contributed by atoms with van der Waals surface area (Å²) in [7, 11) is 3.25. The van der Waals surface area contributed by atoms with Gasteiger partial charge in [0, 0.05) is 41.3 Å². The van der Waals surface area contributed by atoms with Crippen LogP contribution < -0.4 is 19.7 Å². The van der Waals surface area contributed by atoms with Crippen molar-refractivity contribution in [3.05, 3.63) is 42.6 Å². The van der Waals surface area contributed by atoms with Crippen LogP contribution in [0.1, 0.15) is 0 Å². The summed E-state index contributed by atoms with van der Waals surface area (Å²) < 4.78 is 16.3. The molecule has 1 aliphatic rings. The lowest BCUT2D eigenvalue weighted by Gasteiger charge is -2.28. The van der Waals surface area contributed by atoms with E-state index in [2.05, 4.69) is 44.7 Å². The van der Waals surface area contributed by atoms with Gasteiger partial charge in [0.1, 0.15) is 5.52 Å². The van der Waals surface area contributed by atoms with Crippen LogP contribution in [0.25, 0.3) is 21.8 Å². The zero-order valence-corrected chi connectivity index (χ0v) is 16.9. The van der Waals surface area contributed by atoms with Crippen molar-refractivity contribution in [3.63, 3.8) is 0 Å². The molecular formula is C22H23N5O3. The molecule has 5 rings (SSSR count). The predicted octanol–water partition coefficient (Wildman–Crippen LogP) is 3.71. The Hall–Kier alpha value is -3.52. The van der Waals surface area contributed by atoms with Crippen LogP contribution >= 0.6 is 0 Å². The van der Waals surface area contributed by atoms with Crippen molar-refractivity contribution < 1.29 is 14.2 Å². The summed E-state index contributed by atoms with van der Waals surface area (Å²) in [4.78, 5) is 7.15. The molecule has 30 heavy (non-hydrogen) atoms. The minimum atomic E-state index is 0.640. The van der Waals surface area contributed by atoms with Crippen LogP contribution in [0.3, 0.4) is 0 Å². The minimum absolute atomic E-state index is 0.640. The lowest BCUT2D eigenvalue weighted by molar-refractivity contribution is 0.122. The largest absolute Gasteiger partial charge is 0.493 e. The zero-order valence-electron chi connectivity index (χ0n) is 16.9. The van der Waals surface area contributed by atoms with E-state index in [1.807, 2.05) is 12.1 Å². The van der Waals surface area contributed by atoms with Crippen LogP contribution in [-0.2, 0) is 4.74 Å². The fourth-order valence-corrected chi connectivity index (χ4v) is 3.83. The molecule has 0 atom stereocenters. The molecule has 0 aliphatic carbocycles. The molecule has 0 saturated carbocycles. The predicted molar refractivity (Wildman–Crippen MR) is 117 cm³/mol. The SMILES string of the molecule is COc1cc2nc(Nc3ccc(N4CCOCC4)cc3)c3[nH]ncc3c2cc1OC. The number of rotatable bonds is 5. The highest BCUT2D eigenvalue weighted by molar-refractivity contribution is 6.09. The zero-order chi connectivity index (χ0) is 20.5. The van der Waals surface area contributed by atoms with Crippen molar-refractivity contribution in [2.75, 3.05) is 50.7 Å². The Balaban J connectivity index is 1.51. The third-order valence-corrected chi connectivity index (χ3v) is 5.41. The fraction of sp³-hybridized carbons (Fsp3) is 0.273. The Labute approximate surface area is 173 Å². The first-order valence-electron chi connectivity index (χ1n) is 9.85. The van der Waals surface area contributed by atoms with Gasteiger partial charge in [-0.1, -0.05) is 0 Å². The van der Waals surface area contributed by atoms with Crippen LogP contribution in [0.5, 0.6) is 11.5 Å². The summed E-state index contributed by atoms with van der Waals surface area (Å²) >= 11 is 0. The summed E-state index contributed by atoms with van der Waals surface area (Å²) in [5.41, 5.74) is 3.79. The van der Waals surface area contributed by atoms with E-state index >= 15 is 0 Å². The second-order valence-corrected chi connectivity index (χ2v) is 7.11. The van der Waals surface area contributed by atoms with Gasteiger partial charge in [-0.3, -0.25) is 5.10 Å². The molecule has 0 radical (unpaired) electrons. The van der Waals surface area contributed by atoms with E-state index in [1.165, 1.54) is 5.69 Å². The van der Waals surface area contributed by atoms with Crippen LogP contribution in [0, 0.1) is 0 Å². The molecule has 4 aromatic rings. The molecule has 1 fully saturated rings. The summed E-state index contributed by atoms with van der Waals surface area (Å²) in [6, 6.07) is 12.2. The van der Waals surface area contributed by atoms with Gasteiger partial charge in [0.25, 0.3) is 0 Å². The van der Waals surface area contributed by atoms with Crippen molar-refractivity contribution in [2.45, 2.75) is 0 Å². The van der Waals surface area contributed by atoms with Gasteiger partial charge in [-0.25, -0.2) is 4.98 Å². The molecule has 3 heterocycles. The van der Waals surface area contributed by atoms with Crippen molar-refractivity contribution in [2.24, 2.45) is 0 Å². The van der Waals surface area contributed by atoms with E-state index in [1.54, 1.807) is 20.4 Å². The van der Waals surface area contributed by atoms with Crippen LogP contribution in [0.2, 0.25) is 0 Å². The summed E-state index contributed by atoms with van der Waals surface area (Å²) in [6.07, 6.45) is 1.80. The minimum Gasteiger partial charge on any atom is -0.493 e. The van der Waals surface area contributed by atoms with E-state index in [0.717, 1.165) is 53.8 Å². The standard InChI is InChI=1S/C22H23N5O3/c1-28-19-11-16-17-13-23-26-21(17)22(25-18(16)12-20(19)29-2)24-14-3-5-15(6-4-14)27-7-9-30-10-8-27/h3-6,11-13H,7-10H2,1-2H3,(H,23,26)(H,24,25). The molecule has 8 heteroatoms. The van der Waals surface area contributed by atoms with Gasteiger partial charge < -0.3 is 24.4 Å². The molecule has 0 spiro atoms. The van der Waals surface area contributed by atoms with Crippen molar-refractivity contribution in [1.29, 1.82) is 0 Å². The van der Waals surface area contributed by atoms with E-state index in [0.29, 0.717) is 17.3 Å². The van der Waals surface area contributed by atoms with Gasteiger partial charge in [0.2, 0.25) is 0 Å². The number of H-pyrrole nitrogens is 1. The highest BCUT2D eigenvalue weighted by Gasteiger charge is 2.15. The monoisotopic (exact) mass is 405 g/mol. The number of fused-ring (bicyclic) bond motifs is 3. The molecule has 2 N–H and O–H groups in total. The lowest BCUT2D eigenvalue weighted by atomic mass is 10.1. The molecule has 1 saturated heterocycles. The first-order valence-corrected chi connectivity index (χ1v) is 9.85. The number of aromatic nitrogens is 3. The van der Waals surface area contributed by atoms with Gasteiger partial charge in [-0.2, -0.15) is 5.10 Å². The van der Waals surface area contributed by atoms with Crippen molar-refractivity contribution in [3.8, 4) is 11.5 Å². The van der Waals surface area contributed by atoms with Crippen LogP contribution in [-0.4, -0.2) is 55.7 Å². The van der Waals surface area contributed by atoms with E-state index in [9.17, 15) is 0 Å². The number of aromatic amines is 1. The average molecular weight is 405 g/mol. The fourth-order valence-electron chi connectivity index (χ4n) is 3.83.